The molecule has 0 atom stereocenters. The summed E-state index contributed by atoms with van der Waals surface area (Å²) < 4.78 is 0. The molecule has 0 aromatic carbocycles. The molecule has 2 aromatic heterocycles. The van der Waals surface area contributed by atoms with Crippen LogP contribution < -0.4 is 11.1 Å². The van der Waals surface area contributed by atoms with Crippen LogP contribution in [0.4, 0.5) is 5.69 Å². The zero-order chi connectivity index (χ0) is 12.3. The smallest absolute Gasteiger partial charge is 0.255 e. The van der Waals surface area contributed by atoms with E-state index in [4.69, 9.17) is 5.73 Å². The predicted octanol–water partition coefficient (Wildman–Crippen LogP) is 1.36. The average molecular weight is 248 g/mol. The molecule has 1 amide bonds. The van der Waals surface area contributed by atoms with E-state index in [1.807, 2.05) is 6.92 Å². The summed E-state index contributed by atoms with van der Waals surface area (Å²) in [6.07, 6.45) is 4.77. The number of amides is 1. The molecule has 0 aliphatic carbocycles. The molecule has 5 nitrogen and oxygen atoms in total. The summed E-state index contributed by atoms with van der Waals surface area (Å²) in [5.74, 6) is -0.221. The minimum absolute atomic E-state index is 0.221. The van der Waals surface area contributed by atoms with Crippen LogP contribution in [0.15, 0.2) is 24.7 Å². The Bertz CT molecular complexity index is 538. The van der Waals surface area contributed by atoms with Gasteiger partial charge in [0.2, 0.25) is 0 Å². The monoisotopic (exact) mass is 248 g/mol. The van der Waals surface area contributed by atoms with Crippen LogP contribution >= 0.6 is 11.3 Å². The van der Waals surface area contributed by atoms with E-state index in [1.54, 1.807) is 29.8 Å². The van der Waals surface area contributed by atoms with Crippen LogP contribution in [0.3, 0.4) is 0 Å². The van der Waals surface area contributed by atoms with Gasteiger partial charge in [0.15, 0.2) is 0 Å². The van der Waals surface area contributed by atoms with Gasteiger partial charge in [-0.2, -0.15) is 0 Å². The van der Waals surface area contributed by atoms with E-state index in [-0.39, 0.29) is 5.91 Å². The van der Waals surface area contributed by atoms with Gasteiger partial charge in [-0.25, -0.2) is 4.98 Å². The van der Waals surface area contributed by atoms with Crippen molar-refractivity contribution < 1.29 is 4.79 Å². The molecule has 0 unspecified atom stereocenters. The summed E-state index contributed by atoms with van der Waals surface area (Å²) in [6, 6.07) is 1.60. The Morgan fingerprint density at radius 1 is 1.53 bits per heavy atom. The summed E-state index contributed by atoms with van der Waals surface area (Å²) >= 11 is 1.56. The molecule has 17 heavy (non-hydrogen) atoms. The highest BCUT2D eigenvalue weighted by atomic mass is 32.1. The molecule has 2 aromatic rings. The zero-order valence-electron chi connectivity index (χ0n) is 9.30. The predicted molar refractivity (Wildman–Crippen MR) is 66.7 cm³/mol. The highest BCUT2D eigenvalue weighted by Crippen LogP contribution is 2.12. The number of rotatable bonds is 3. The fraction of sp³-hybridized carbons (Fsp3) is 0.182. The maximum atomic E-state index is 11.8. The van der Waals surface area contributed by atoms with Crippen molar-refractivity contribution in [3.8, 4) is 0 Å². The molecule has 6 heteroatoms. The molecule has 0 saturated carbocycles. The molecule has 0 saturated heterocycles. The van der Waals surface area contributed by atoms with Gasteiger partial charge in [0.1, 0.15) is 0 Å². The number of carbonyl (C=O) groups is 1. The third-order valence-electron chi connectivity index (χ3n) is 2.19. The van der Waals surface area contributed by atoms with E-state index in [0.29, 0.717) is 17.8 Å². The van der Waals surface area contributed by atoms with Gasteiger partial charge in [-0.05, 0) is 13.0 Å². The maximum absolute atomic E-state index is 11.8. The number of thiazole rings is 1. The number of anilines is 1. The third-order valence-corrected chi connectivity index (χ3v) is 3.10. The molecule has 0 spiro atoms. The van der Waals surface area contributed by atoms with Crippen molar-refractivity contribution in [2.75, 3.05) is 5.73 Å². The van der Waals surface area contributed by atoms with Gasteiger partial charge in [0, 0.05) is 29.2 Å². The van der Waals surface area contributed by atoms with E-state index >= 15 is 0 Å². The van der Waals surface area contributed by atoms with E-state index < -0.39 is 0 Å². The number of nitrogens with two attached hydrogens (primary N) is 1. The molecule has 88 valence electrons. The Morgan fingerprint density at radius 3 is 3.00 bits per heavy atom. The topological polar surface area (TPSA) is 80.9 Å². The molecule has 2 heterocycles. The lowest BCUT2D eigenvalue weighted by Gasteiger charge is -2.05. The van der Waals surface area contributed by atoms with Gasteiger partial charge in [-0.3, -0.25) is 9.78 Å². The van der Waals surface area contributed by atoms with Gasteiger partial charge in [-0.15, -0.1) is 11.3 Å². The molecule has 0 aliphatic heterocycles. The summed E-state index contributed by atoms with van der Waals surface area (Å²) in [5, 5.41) is 3.76. The number of nitrogens with zero attached hydrogens (tertiary/aromatic N) is 2. The van der Waals surface area contributed by atoms with Crippen LogP contribution in [0.25, 0.3) is 0 Å². The fourth-order valence-electron chi connectivity index (χ4n) is 1.34. The Labute approximate surface area is 103 Å². The number of carbonyl (C=O) groups excluding carboxylic acids is 1. The van der Waals surface area contributed by atoms with Gasteiger partial charge < -0.3 is 11.1 Å². The first-order chi connectivity index (χ1) is 8.16. The summed E-state index contributed by atoms with van der Waals surface area (Å²) in [7, 11) is 0. The van der Waals surface area contributed by atoms with Gasteiger partial charge >= 0.3 is 0 Å². The second-order valence-electron chi connectivity index (χ2n) is 3.49. The van der Waals surface area contributed by atoms with Gasteiger partial charge in [0.05, 0.1) is 17.1 Å². The van der Waals surface area contributed by atoms with E-state index in [2.05, 4.69) is 15.3 Å². The van der Waals surface area contributed by atoms with Crippen molar-refractivity contribution in [3.05, 3.63) is 40.1 Å². The van der Waals surface area contributed by atoms with Gasteiger partial charge in [-0.1, -0.05) is 0 Å². The van der Waals surface area contributed by atoms with Crippen molar-refractivity contribution in [2.24, 2.45) is 0 Å². The second-order valence-corrected chi connectivity index (χ2v) is 4.81. The van der Waals surface area contributed by atoms with Crippen molar-refractivity contribution in [1.82, 2.24) is 15.3 Å². The van der Waals surface area contributed by atoms with Crippen molar-refractivity contribution >= 4 is 22.9 Å². The van der Waals surface area contributed by atoms with Crippen molar-refractivity contribution in [3.63, 3.8) is 0 Å². The number of aromatic nitrogens is 2. The summed E-state index contributed by atoms with van der Waals surface area (Å²) in [4.78, 5) is 20.8. The van der Waals surface area contributed by atoms with Crippen LogP contribution in [0, 0.1) is 6.92 Å². The minimum atomic E-state index is -0.221. The molecule has 3 N–H and O–H groups in total. The SMILES string of the molecule is Cc1ncc(CNC(=O)c2cnccc2N)s1. The largest absolute Gasteiger partial charge is 0.398 e. The molecular formula is C11H12N4OS. The Hall–Kier alpha value is -1.95. The van der Waals surface area contributed by atoms with E-state index in [9.17, 15) is 4.79 Å². The Morgan fingerprint density at radius 2 is 2.35 bits per heavy atom. The van der Waals surface area contributed by atoms with Crippen molar-refractivity contribution in [2.45, 2.75) is 13.5 Å². The van der Waals surface area contributed by atoms with E-state index in [0.717, 1.165) is 9.88 Å². The Kier molecular flexibility index (Phi) is 3.34. The third kappa shape index (κ3) is 2.79. The fourth-order valence-corrected chi connectivity index (χ4v) is 2.08. The molecule has 0 bridgehead atoms. The van der Waals surface area contributed by atoms with Crippen molar-refractivity contribution in [1.29, 1.82) is 0 Å². The molecule has 0 aliphatic rings. The standard InChI is InChI=1S/C11H12N4OS/c1-7-14-4-8(17-7)5-15-11(16)9-6-13-3-2-10(9)12/h2-4,6H,5H2,1H3,(H2,12,13)(H,15,16). The normalized spacial score (nSPS) is 10.2. The molecule has 0 radical (unpaired) electrons. The van der Waals surface area contributed by atoms with Crippen LogP contribution in [-0.2, 0) is 6.54 Å². The number of hydrogen-bond donors (Lipinski definition) is 2. The summed E-state index contributed by atoms with van der Waals surface area (Å²) in [5.41, 5.74) is 6.51. The Balaban J connectivity index is 2.01. The van der Waals surface area contributed by atoms with Crippen LogP contribution in [0.2, 0.25) is 0 Å². The lowest BCUT2D eigenvalue weighted by atomic mass is 10.2. The number of nitrogen functional groups attached to an aromatic ring is 1. The van der Waals surface area contributed by atoms with E-state index in [1.165, 1.54) is 6.20 Å². The van der Waals surface area contributed by atoms with Crippen LogP contribution in [0.5, 0.6) is 0 Å². The number of hydrogen-bond acceptors (Lipinski definition) is 5. The second kappa shape index (κ2) is 4.92. The molecule has 2 rings (SSSR count). The first-order valence-electron chi connectivity index (χ1n) is 5.06. The number of nitrogens with one attached hydrogen (secondary N) is 1. The highest BCUT2D eigenvalue weighted by molar-refractivity contribution is 7.11. The lowest BCUT2D eigenvalue weighted by molar-refractivity contribution is 0.0952. The maximum Gasteiger partial charge on any atom is 0.255 e. The summed E-state index contributed by atoms with van der Waals surface area (Å²) in [6.45, 7) is 2.38. The first-order valence-corrected chi connectivity index (χ1v) is 5.87. The zero-order valence-corrected chi connectivity index (χ0v) is 10.1. The minimum Gasteiger partial charge on any atom is -0.398 e. The van der Waals surface area contributed by atoms with Gasteiger partial charge in [0.25, 0.3) is 5.91 Å². The molecule has 0 fully saturated rings. The number of pyridine rings is 1. The number of aryl methyl sites for hydroxylation is 1. The average Bonchev–Trinajstić information content (AvgIpc) is 2.73. The quantitative estimate of drug-likeness (QED) is 0.859. The van der Waals surface area contributed by atoms with Crippen LogP contribution in [-0.4, -0.2) is 15.9 Å². The first kappa shape index (κ1) is 11.5. The lowest BCUT2D eigenvalue weighted by Crippen LogP contribution is -2.23. The molecular weight excluding hydrogens is 236 g/mol. The highest BCUT2D eigenvalue weighted by Gasteiger charge is 2.09. The van der Waals surface area contributed by atoms with Crippen LogP contribution in [0.1, 0.15) is 20.2 Å².